The van der Waals surface area contributed by atoms with Crippen LogP contribution in [-0.4, -0.2) is 40.1 Å². The van der Waals surface area contributed by atoms with Gasteiger partial charge in [-0.05, 0) is 74.8 Å². The Kier molecular flexibility index (Phi) is 5.74. The van der Waals surface area contributed by atoms with Crippen molar-refractivity contribution >= 4 is 34.2 Å². The van der Waals surface area contributed by atoms with Gasteiger partial charge >= 0.3 is 0 Å². The quantitative estimate of drug-likeness (QED) is 0.660. The fraction of sp³-hybridized carbons (Fsp3) is 0.364. The molecule has 1 aliphatic rings. The van der Waals surface area contributed by atoms with Gasteiger partial charge in [0.1, 0.15) is 11.6 Å². The number of likely N-dealkylation sites (tertiary alicyclic amines) is 1. The molecule has 0 spiro atoms. The van der Waals surface area contributed by atoms with E-state index in [4.69, 9.17) is 21.3 Å². The lowest BCUT2D eigenvalue weighted by molar-refractivity contribution is -0.118. The van der Waals surface area contributed by atoms with Crippen molar-refractivity contribution in [3.05, 3.63) is 52.8 Å². The Balaban J connectivity index is 1.40. The number of nitrogens with zero attached hydrogens (tertiary/aromatic N) is 3. The zero-order valence-electron chi connectivity index (χ0n) is 16.7. The summed E-state index contributed by atoms with van der Waals surface area (Å²) in [6.07, 6.45) is 2.52. The lowest BCUT2D eigenvalue weighted by Gasteiger charge is -2.13. The third-order valence-corrected chi connectivity index (χ3v) is 5.74. The summed E-state index contributed by atoms with van der Waals surface area (Å²) in [6, 6.07) is 11.1. The minimum Gasteiger partial charge on any atom is -0.484 e. The summed E-state index contributed by atoms with van der Waals surface area (Å²) in [5, 5.41) is 3.56. The van der Waals surface area contributed by atoms with Crippen LogP contribution in [0.3, 0.4) is 0 Å². The Morgan fingerprint density at radius 2 is 2.00 bits per heavy atom. The maximum atomic E-state index is 12.3. The van der Waals surface area contributed by atoms with Crippen molar-refractivity contribution in [3.8, 4) is 5.75 Å². The van der Waals surface area contributed by atoms with Crippen LogP contribution in [0, 0.1) is 6.92 Å². The highest BCUT2D eigenvalue weighted by atomic mass is 35.5. The molecule has 0 radical (unpaired) electrons. The predicted molar refractivity (Wildman–Crippen MR) is 116 cm³/mol. The van der Waals surface area contributed by atoms with Crippen LogP contribution < -0.4 is 10.1 Å². The SMILES string of the molecule is Cc1cc(OCC(=O)Nc2ccc3c(c2)nc(CN2CCCC2)n3C)ccc1Cl. The summed E-state index contributed by atoms with van der Waals surface area (Å²) < 4.78 is 7.70. The molecule has 0 saturated carbocycles. The number of halogens is 1. The average Bonchev–Trinajstić information content (AvgIpc) is 3.31. The number of aryl methyl sites for hydroxylation is 2. The van der Waals surface area contributed by atoms with Crippen LogP contribution in [0.1, 0.15) is 24.2 Å². The van der Waals surface area contributed by atoms with Crippen molar-refractivity contribution in [3.63, 3.8) is 0 Å². The number of amides is 1. The molecule has 2 heterocycles. The maximum Gasteiger partial charge on any atom is 0.262 e. The zero-order valence-corrected chi connectivity index (χ0v) is 17.5. The number of hydrogen-bond donors (Lipinski definition) is 1. The largest absolute Gasteiger partial charge is 0.484 e. The van der Waals surface area contributed by atoms with Crippen LogP contribution in [0.15, 0.2) is 36.4 Å². The van der Waals surface area contributed by atoms with Gasteiger partial charge < -0.3 is 14.6 Å². The Labute approximate surface area is 175 Å². The molecule has 1 aromatic heterocycles. The van der Waals surface area contributed by atoms with Crippen molar-refractivity contribution in [2.24, 2.45) is 7.05 Å². The van der Waals surface area contributed by atoms with Gasteiger partial charge in [-0.1, -0.05) is 11.6 Å². The van der Waals surface area contributed by atoms with E-state index >= 15 is 0 Å². The fourth-order valence-corrected chi connectivity index (χ4v) is 3.78. The molecule has 152 valence electrons. The molecule has 1 aliphatic heterocycles. The van der Waals surface area contributed by atoms with E-state index in [0.717, 1.165) is 42.1 Å². The average molecular weight is 413 g/mol. The lowest BCUT2D eigenvalue weighted by Crippen LogP contribution is -2.20. The van der Waals surface area contributed by atoms with Crippen molar-refractivity contribution < 1.29 is 9.53 Å². The first-order chi connectivity index (χ1) is 14.0. The van der Waals surface area contributed by atoms with Crippen molar-refractivity contribution in [2.75, 3.05) is 25.0 Å². The van der Waals surface area contributed by atoms with Crippen LogP contribution in [-0.2, 0) is 18.4 Å². The fourth-order valence-electron chi connectivity index (χ4n) is 3.66. The molecular weight excluding hydrogens is 388 g/mol. The molecule has 29 heavy (non-hydrogen) atoms. The molecule has 4 rings (SSSR count). The number of anilines is 1. The van der Waals surface area contributed by atoms with E-state index in [-0.39, 0.29) is 12.5 Å². The minimum atomic E-state index is -0.217. The third-order valence-electron chi connectivity index (χ3n) is 5.32. The van der Waals surface area contributed by atoms with Gasteiger partial charge in [0.15, 0.2) is 6.61 Å². The highest BCUT2D eigenvalue weighted by Crippen LogP contribution is 2.23. The second kappa shape index (κ2) is 8.43. The number of carbonyl (C=O) groups excluding carboxylic acids is 1. The number of aromatic nitrogens is 2. The Morgan fingerprint density at radius 3 is 2.76 bits per heavy atom. The standard InChI is InChI=1S/C22H25ClN4O2/c1-15-11-17(6-7-18(15)23)29-14-22(28)24-16-5-8-20-19(12-16)25-21(26(20)2)13-27-9-3-4-10-27/h5-8,11-12H,3-4,9-10,13-14H2,1-2H3,(H,24,28). The molecule has 1 saturated heterocycles. The number of carbonyl (C=O) groups is 1. The number of nitrogens with one attached hydrogen (secondary N) is 1. The van der Waals surface area contributed by atoms with Crippen LogP contribution in [0.25, 0.3) is 11.0 Å². The molecule has 0 aliphatic carbocycles. The van der Waals surface area contributed by atoms with Crippen LogP contribution >= 0.6 is 11.6 Å². The zero-order chi connectivity index (χ0) is 20.4. The number of fused-ring (bicyclic) bond motifs is 1. The monoisotopic (exact) mass is 412 g/mol. The van der Waals surface area contributed by atoms with Gasteiger partial charge in [0.2, 0.25) is 0 Å². The van der Waals surface area contributed by atoms with E-state index in [1.165, 1.54) is 12.8 Å². The topological polar surface area (TPSA) is 59.4 Å². The summed E-state index contributed by atoms with van der Waals surface area (Å²) >= 11 is 6.01. The number of imidazole rings is 1. The molecule has 1 N–H and O–H groups in total. The smallest absolute Gasteiger partial charge is 0.262 e. The third kappa shape index (κ3) is 4.54. The molecular formula is C22H25ClN4O2. The first-order valence-corrected chi connectivity index (χ1v) is 10.2. The van der Waals surface area contributed by atoms with E-state index in [2.05, 4.69) is 14.8 Å². The van der Waals surface area contributed by atoms with Gasteiger partial charge in [-0.2, -0.15) is 0 Å². The summed E-state index contributed by atoms with van der Waals surface area (Å²) in [4.78, 5) is 19.5. The number of benzene rings is 2. The van der Waals surface area contributed by atoms with Crippen LogP contribution in [0.2, 0.25) is 5.02 Å². The van der Waals surface area contributed by atoms with E-state index in [1.807, 2.05) is 38.2 Å². The molecule has 0 unspecified atom stereocenters. The Hall–Kier alpha value is -2.57. The maximum absolute atomic E-state index is 12.3. The molecule has 1 fully saturated rings. The van der Waals surface area contributed by atoms with Crippen molar-refractivity contribution in [2.45, 2.75) is 26.3 Å². The molecule has 2 aromatic carbocycles. The van der Waals surface area contributed by atoms with E-state index in [9.17, 15) is 4.79 Å². The summed E-state index contributed by atoms with van der Waals surface area (Å²) in [5.41, 5.74) is 3.57. The highest BCUT2D eigenvalue weighted by Gasteiger charge is 2.16. The van der Waals surface area contributed by atoms with Gasteiger partial charge in [-0.25, -0.2) is 4.98 Å². The van der Waals surface area contributed by atoms with E-state index < -0.39 is 0 Å². The lowest BCUT2D eigenvalue weighted by atomic mass is 10.2. The predicted octanol–water partition coefficient (Wildman–Crippen LogP) is 4.15. The van der Waals surface area contributed by atoms with Crippen LogP contribution in [0.5, 0.6) is 5.75 Å². The molecule has 1 amide bonds. The number of hydrogen-bond acceptors (Lipinski definition) is 4. The number of rotatable bonds is 6. The van der Waals surface area contributed by atoms with E-state index in [1.54, 1.807) is 12.1 Å². The van der Waals surface area contributed by atoms with Gasteiger partial charge in [-0.15, -0.1) is 0 Å². The Bertz CT molecular complexity index is 1040. The molecule has 3 aromatic rings. The van der Waals surface area contributed by atoms with Gasteiger partial charge in [0.05, 0.1) is 17.6 Å². The van der Waals surface area contributed by atoms with Crippen LogP contribution in [0.4, 0.5) is 5.69 Å². The molecule has 0 bridgehead atoms. The molecule has 7 heteroatoms. The van der Waals surface area contributed by atoms with Gasteiger partial charge in [0.25, 0.3) is 5.91 Å². The summed E-state index contributed by atoms with van der Waals surface area (Å²) in [5.74, 6) is 1.45. The molecule has 0 atom stereocenters. The first kappa shape index (κ1) is 19.7. The summed E-state index contributed by atoms with van der Waals surface area (Å²) in [6.45, 7) is 4.97. The number of ether oxygens (including phenoxy) is 1. The van der Waals surface area contributed by atoms with E-state index in [0.29, 0.717) is 16.5 Å². The van der Waals surface area contributed by atoms with Crippen molar-refractivity contribution in [1.82, 2.24) is 14.5 Å². The second-order valence-corrected chi connectivity index (χ2v) is 7.93. The first-order valence-electron chi connectivity index (χ1n) is 9.86. The highest BCUT2D eigenvalue weighted by molar-refractivity contribution is 6.31. The van der Waals surface area contributed by atoms with Gasteiger partial charge in [0, 0.05) is 17.8 Å². The second-order valence-electron chi connectivity index (χ2n) is 7.52. The van der Waals surface area contributed by atoms with Crippen molar-refractivity contribution in [1.29, 1.82) is 0 Å². The van der Waals surface area contributed by atoms with Gasteiger partial charge in [-0.3, -0.25) is 9.69 Å². The molecule has 6 nitrogen and oxygen atoms in total. The summed E-state index contributed by atoms with van der Waals surface area (Å²) in [7, 11) is 2.04. The normalized spacial score (nSPS) is 14.4. The Morgan fingerprint density at radius 1 is 1.21 bits per heavy atom. The minimum absolute atomic E-state index is 0.0679.